The molecule has 7 rings (SSSR count). The average Bonchev–Trinajstić information content (AvgIpc) is 3.51. The molecule has 1 saturated heterocycles. The first-order valence-electron chi connectivity index (χ1n) is 12.0. The van der Waals surface area contributed by atoms with Gasteiger partial charge in [0, 0.05) is 55.1 Å². The highest BCUT2D eigenvalue weighted by Crippen LogP contribution is 2.48. The van der Waals surface area contributed by atoms with Crippen LogP contribution in [0.25, 0.3) is 16.8 Å². The molecule has 4 aliphatic rings. The van der Waals surface area contributed by atoms with Gasteiger partial charge in [0.2, 0.25) is 0 Å². The molecule has 4 heterocycles. The van der Waals surface area contributed by atoms with Crippen LogP contribution in [0.1, 0.15) is 28.9 Å². The predicted octanol–water partition coefficient (Wildman–Crippen LogP) is 3.27. The monoisotopic (exact) mass is 471 g/mol. The molecule has 2 aliphatic heterocycles. The normalized spacial score (nSPS) is 23.2. The highest BCUT2D eigenvalue weighted by molar-refractivity contribution is 5.88. The van der Waals surface area contributed by atoms with Crippen molar-refractivity contribution in [2.45, 2.75) is 25.4 Å². The van der Waals surface area contributed by atoms with E-state index >= 15 is 0 Å². The average molecular weight is 472 g/mol. The Balaban J connectivity index is 1.32. The maximum absolute atomic E-state index is 14.6. The fourth-order valence-electron chi connectivity index (χ4n) is 6.05. The van der Waals surface area contributed by atoms with Crippen LogP contribution in [-0.4, -0.2) is 41.1 Å². The number of halogens is 1. The number of nitrogens with one attached hydrogen (secondary N) is 2. The summed E-state index contributed by atoms with van der Waals surface area (Å²) in [7, 11) is 1.81. The second-order valence-corrected chi connectivity index (χ2v) is 9.89. The lowest BCUT2D eigenvalue weighted by molar-refractivity contribution is 0.194. The van der Waals surface area contributed by atoms with Crippen molar-refractivity contribution >= 4 is 17.2 Å². The number of anilines is 2. The summed E-state index contributed by atoms with van der Waals surface area (Å²) in [6.45, 7) is 6.42. The Kier molecular flexibility index (Phi) is 4.36. The van der Waals surface area contributed by atoms with Crippen molar-refractivity contribution in [2.75, 3.05) is 30.4 Å². The summed E-state index contributed by atoms with van der Waals surface area (Å²) in [5.41, 5.74) is 13.4. The minimum Gasteiger partial charge on any atom is -0.423 e. The molecule has 2 aliphatic carbocycles. The zero-order valence-corrected chi connectivity index (χ0v) is 19.4. The van der Waals surface area contributed by atoms with Gasteiger partial charge < -0.3 is 26.0 Å². The minimum absolute atomic E-state index is 0.232. The van der Waals surface area contributed by atoms with Gasteiger partial charge in [0.05, 0.1) is 24.1 Å². The molecule has 3 aromatic rings. The lowest BCUT2D eigenvalue weighted by Gasteiger charge is -2.36. The number of hydrogen-bond acceptors (Lipinski definition) is 8. The maximum atomic E-state index is 14.6. The van der Waals surface area contributed by atoms with Crippen molar-refractivity contribution in [1.29, 1.82) is 0 Å². The van der Waals surface area contributed by atoms with Crippen molar-refractivity contribution < 1.29 is 9.13 Å². The first-order chi connectivity index (χ1) is 17.0. The van der Waals surface area contributed by atoms with Crippen molar-refractivity contribution in [1.82, 2.24) is 20.3 Å². The van der Waals surface area contributed by atoms with E-state index in [0.29, 0.717) is 30.6 Å². The zero-order chi connectivity index (χ0) is 23.8. The summed E-state index contributed by atoms with van der Waals surface area (Å²) in [5.74, 6) is 2.10. The molecule has 4 N–H and O–H groups in total. The molecular weight excluding hydrogens is 445 g/mol. The van der Waals surface area contributed by atoms with E-state index in [1.807, 2.05) is 13.1 Å². The van der Waals surface area contributed by atoms with Crippen LogP contribution in [0.15, 0.2) is 31.0 Å². The zero-order valence-electron chi connectivity index (χ0n) is 19.4. The molecular formula is C26H26FN7O. The molecule has 9 heteroatoms. The van der Waals surface area contributed by atoms with Crippen LogP contribution in [0.5, 0.6) is 11.8 Å². The third-order valence-corrected chi connectivity index (χ3v) is 7.91. The molecule has 1 saturated carbocycles. The predicted molar refractivity (Wildman–Crippen MR) is 132 cm³/mol. The van der Waals surface area contributed by atoms with Gasteiger partial charge in [0.25, 0.3) is 0 Å². The standard InChI is InChI=1S/C26H26FN7O/c1-12-16-6-15(8-31-23(16)9-30-12)35-26-32-22-7-17-18(4-14(27)5-21(17)29-2)24(22)25(33-26)34-10-13-3-20(28)19(13)11-34/h4-6,8,13,19-20,29-30H,1,3,7,9-11,28H2,2H3/t13?,19?,20-/m1/s1. The van der Waals surface area contributed by atoms with Crippen LogP contribution >= 0.6 is 0 Å². The quantitative estimate of drug-likeness (QED) is 0.417. The van der Waals surface area contributed by atoms with E-state index < -0.39 is 0 Å². The first-order valence-corrected chi connectivity index (χ1v) is 12.0. The van der Waals surface area contributed by atoms with Gasteiger partial charge in [-0.25, -0.2) is 4.39 Å². The van der Waals surface area contributed by atoms with E-state index in [9.17, 15) is 4.39 Å². The number of benzene rings is 1. The number of aromatic nitrogens is 3. The minimum atomic E-state index is -0.284. The summed E-state index contributed by atoms with van der Waals surface area (Å²) in [6, 6.07) is 5.53. The molecule has 35 heavy (non-hydrogen) atoms. The van der Waals surface area contributed by atoms with Gasteiger partial charge >= 0.3 is 6.01 Å². The Labute approximate surface area is 202 Å². The summed E-state index contributed by atoms with van der Waals surface area (Å²) in [6.07, 6.45) is 3.30. The van der Waals surface area contributed by atoms with Crippen LogP contribution in [-0.2, 0) is 13.0 Å². The third kappa shape index (κ3) is 3.11. The molecule has 2 fully saturated rings. The fraction of sp³-hybridized carbons (Fsp3) is 0.346. The van der Waals surface area contributed by atoms with Crippen molar-refractivity contribution in [3.05, 3.63) is 59.3 Å². The lowest BCUT2D eigenvalue weighted by atomic mass is 9.72. The second-order valence-electron chi connectivity index (χ2n) is 9.89. The van der Waals surface area contributed by atoms with E-state index in [1.165, 1.54) is 6.07 Å². The molecule has 178 valence electrons. The summed E-state index contributed by atoms with van der Waals surface area (Å²) in [5, 5.41) is 6.33. The van der Waals surface area contributed by atoms with Gasteiger partial charge in [0.1, 0.15) is 17.4 Å². The Morgan fingerprint density at radius 1 is 1.20 bits per heavy atom. The number of ether oxygens (including phenoxy) is 1. The van der Waals surface area contributed by atoms with Crippen LogP contribution in [0, 0.1) is 17.7 Å². The number of pyridine rings is 1. The molecule has 8 nitrogen and oxygen atoms in total. The SMILES string of the molecule is C=C1NCc2ncc(Oc3nc4c(c(N5CC6C[C@@H](N)C6C5)n3)-c3cc(F)cc(NC)c3C4)cc21. The number of nitrogens with two attached hydrogens (primary N) is 1. The van der Waals surface area contributed by atoms with Gasteiger partial charge in [-0.05, 0) is 47.6 Å². The number of nitrogens with zero attached hydrogens (tertiary/aromatic N) is 4. The Bertz CT molecular complexity index is 1410. The molecule has 0 radical (unpaired) electrons. The topological polar surface area (TPSA) is 101 Å². The Hall–Kier alpha value is -3.72. The molecule has 0 bridgehead atoms. The van der Waals surface area contributed by atoms with Crippen molar-refractivity contribution in [2.24, 2.45) is 17.6 Å². The lowest BCUT2D eigenvalue weighted by Crippen LogP contribution is -2.46. The number of hydrogen-bond donors (Lipinski definition) is 3. The molecule has 0 spiro atoms. The van der Waals surface area contributed by atoms with Crippen molar-refractivity contribution in [3.8, 4) is 22.9 Å². The van der Waals surface area contributed by atoms with Gasteiger partial charge in [0.15, 0.2) is 0 Å². The van der Waals surface area contributed by atoms with Crippen LogP contribution in [0.4, 0.5) is 15.9 Å². The van der Waals surface area contributed by atoms with Crippen LogP contribution in [0.2, 0.25) is 0 Å². The summed E-state index contributed by atoms with van der Waals surface area (Å²) in [4.78, 5) is 16.4. The molecule has 1 aromatic carbocycles. The largest absolute Gasteiger partial charge is 0.423 e. The number of rotatable bonds is 4. The summed E-state index contributed by atoms with van der Waals surface area (Å²) < 4.78 is 20.7. The number of fused-ring (bicyclic) bond motifs is 5. The molecule has 3 atom stereocenters. The smallest absolute Gasteiger partial charge is 0.324 e. The van der Waals surface area contributed by atoms with E-state index in [-0.39, 0.29) is 17.9 Å². The highest BCUT2D eigenvalue weighted by atomic mass is 19.1. The van der Waals surface area contributed by atoms with E-state index in [4.69, 9.17) is 20.4 Å². The molecule has 0 amide bonds. The van der Waals surface area contributed by atoms with Crippen LogP contribution in [0.3, 0.4) is 0 Å². The maximum Gasteiger partial charge on any atom is 0.324 e. The fourth-order valence-corrected chi connectivity index (χ4v) is 6.05. The first kappa shape index (κ1) is 20.6. The van der Waals surface area contributed by atoms with Crippen molar-refractivity contribution in [3.63, 3.8) is 0 Å². The van der Waals surface area contributed by atoms with E-state index in [2.05, 4.69) is 27.1 Å². The van der Waals surface area contributed by atoms with Gasteiger partial charge in [-0.1, -0.05) is 6.58 Å². The molecule has 2 unspecified atom stereocenters. The van der Waals surface area contributed by atoms with E-state index in [1.54, 1.807) is 12.3 Å². The van der Waals surface area contributed by atoms with Gasteiger partial charge in [-0.2, -0.15) is 9.97 Å². The van der Waals surface area contributed by atoms with E-state index in [0.717, 1.165) is 70.4 Å². The molecule has 2 aromatic heterocycles. The third-order valence-electron chi connectivity index (χ3n) is 7.91. The second kappa shape index (κ2) is 7.39. The Morgan fingerprint density at radius 3 is 2.89 bits per heavy atom. The van der Waals surface area contributed by atoms with Gasteiger partial charge in [-0.3, -0.25) is 4.98 Å². The van der Waals surface area contributed by atoms with Crippen LogP contribution < -0.4 is 26.0 Å². The van der Waals surface area contributed by atoms with Gasteiger partial charge in [-0.15, -0.1) is 0 Å². The highest BCUT2D eigenvalue weighted by Gasteiger charge is 2.46. The summed E-state index contributed by atoms with van der Waals surface area (Å²) >= 11 is 0. The Morgan fingerprint density at radius 2 is 2.09 bits per heavy atom.